The highest BCUT2D eigenvalue weighted by Gasteiger charge is 2.28. The van der Waals surface area contributed by atoms with Crippen LogP contribution in [-0.4, -0.2) is 34.3 Å². The number of rotatable bonds is 5. The van der Waals surface area contributed by atoms with Crippen LogP contribution in [0.3, 0.4) is 0 Å². The van der Waals surface area contributed by atoms with Gasteiger partial charge in [-0.3, -0.25) is 5.43 Å². The van der Waals surface area contributed by atoms with Gasteiger partial charge in [0.2, 0.25) is 0 Å². The van der Waals surface area contributed by atoms with Crippen LogP contribution in [0.15, 0.2) is 0 Å². The van der Waals surface area contributed by atoms with Gasteiger partial charge in [0.25, 0.3) is 0 Å². The first-order valence-corrected chi connectivity index (χ1v) is 6.76. The highest BCUT2D eigenvalue weighted by Crippen LogP contribution is 2.21. The minimum atomic E-state index is -0.545. The van der Waals surface area contributed by atoms with Gasteiger partial charge >= 0.3 is 0 Å². The van der Waals surface area contributed by atoms with Crippen LogP contribution in [0.4, 0.5) is 0 Å². The number of piperidine rings is 1. The Hall–Kier alpha value is -0.120. The van der Waals surface area contributed by atoms with Crippen LogP contribution in [0.25, 0.3) is 0 Å². The largest absolute Gasteiger partial charge is 0.389 e. The zero-order valence-electron chi connectivity index (χ0n) is 11.3. The van der Waals surface area contributed by atoms with Gasteiger partial charge in [-0.05, 0) is 39.5 Å². The number of nitrogens with one attached hydrogen (secondary N) is 1. The van der Waals surface area contributed by atoms with E-state index in [9.17, 15) is 5.11 Å². The van der Waals surface area contributed by atoms with E-state index in [0.29, 0.717) is 18.6 Å². The summed E-state index contributed by atoms with van der Waals surface area (Å²) in [6, 6.07) is 1.17. The average molecular weight is 228 g/mol. The first kappa shape index (κ1) is 13.9. The highest BCUT2D eigenvalue weighted by atomic mass is 16.3. The highest BCUT2D eigenvalue weighted by molar-refractivity contribution is 4.81. The molecule has 2 unspecified atom stereocenters. The Bertz CT molecular complexity index is 194. The van der Waals surface area contributed by atoms with Crippen LogP contribution in [0.1, 0.15) is 59.8 Å². The second-order valence-corrected chi connectivity index (χ2v) is 5.30. The Morgan fingerprint density at radius 3 is 2.12 bits per heavy atom. The molecule has 2 atom stereocenters. The molecule has 16 heavy (non-hydrogen) atoms. The van der Waals surface area contributed by atoms with Gasteiger partial charge in [-0.2, -0.15) is 0 Å². The monoisotopic (exact) mass is 228 g/mol. The lowest BCUT2D eigenvalue weighted by molar-refractivity contribution is -0.0207. The molecule has 0 radical (unpaired) electrons. The van der Waals surface area contributed by atoms with Crippen LogP contribution in [0.5, 0.6) is 0 Å². The molecule has 96 valence electrons. The van der Waals surface area contributed by atoms with Gasteiger partial charge < -0.3 is 5.11 Å². The van der Waals surface area contributed by atoms with Crippen molar-refractivity contribution in [1.82, 2.24) is 10.4 Å². The summed E-state index contributed by atoms with van der Waals surface area (Å²) in [6.07, 6.45) is 5.47. The van der Waals surface area contributed by atoms with E-state index in [4.69, 9.17) is 0 Å². The van der Waals surface area contributed by atoms with Gasteiger partial charge in [-0.15, -0.1) is 0 Å². The van der Waals surface area contributed by atoms with Gasteiger partial charge in [-0.1, -0.05) is 20.3 Å². The van der Waals surface area contributed by atoms with Gasteiger partial charge in [0.1, 0.15) is 0 Å². The van der Waals surface area contributed by atoms with Crippen LogP contribution >= 0.6 is 0 Å². The SMILES string of the molecule is CCC(O)(CC)CNN1C(C)CCCC1C. The molecule has 0 aromatic carbocycles. The molecule has 2 N–H and O–H groups in total. The van der Waals surface area contributed by atoms with E-state index in [1.807, 2.05) is 13.8 Å². The summed E-state index contributed by atoms with van der Waals surface area (Å²) in [7, 11) is 0. The Morgan fingerprint density at radius 2 is 1.69 bits per heavy atom. The van der Waals surface area contributed by atoms with Gasteiger partial charge in [0.05, 0.1) is 5.60 Å². The third kappa shape index (κ3) is 3.44. The standard InChI is InChI=1S/C13H28N2O/c1-5-13(16,6-2)10-14-15-11(3)8-7-9-12(15)4/h11-12,14,16H,5-10H2,1-4H3. The molecule has 1 aliphatic rings. The van der Waals surface area contributed by atoms with Crippen molar-refractivity contribution in [3.05, 3.63) is 0 Å². The maximum atomic E-state index is 10.2. The van der Waals surface area contributed by atoms with Crippen molar-refractivity contribution in [2.24, 2.45) is 0 Å². The van der Waals surface area contributed by atoms with E-state index < -0.39 is 5.60 Å². The zero-order chi connectivity index (χ0) is 12.2. The summed E-state index contributed by atoms with van der Waals surface area (Å²) < 4.78 is 0. The molecule has 1 fully saturated rings. The molecular weight excluding hydrogens is 200 g/mol. The Morgan fingerprint density at radius 1 is 1.19 bits per heavy atom. The lowest BCUT2D eigenvalue weighted by atomic mass is 9.97. The zero-order valence-corrected chi connectivity index (χ0v) is 11.3. The van der Waals surface area contributed by atoms with Crippen LogP contribution in [-0.2, 0) is 0 Å². The summed E-state index contributed by atoms with van der Waals surface area (Å²) in [4.78, 5) is 0. The third-order valence-electron chi connectivity index (χ3n) is 4.10. The van der Waals surface area contributed by atoms with Gasteiger partial charge in [-0.25, -0.2) is 5.01 Å². The fourth-order valence-corrected chi connectivity index (χ4v) is 2.47. The number of aliphatic hydroxyl groups is 1. The summed E-state index contributed by atoms with van der Waals surface area (Å²) >= 11 is 0. The minimum Gasteiger partial charge on any atom is -0.389 e. The minimum absolute atomic E-state index is 0.545. The predicted octanol–water partition coefficient (Wildman–Crippen LogP) is 2.31. The van der Waals surface area contributed by atoms with Crippen LogP contribution in [0, 0.1) is 0 Å². The Balaban J connectivity index is 2.46. The predicted molar refractivity (Wildman–Crippen MR) is 68.1 cm³/mol. The van der Waals surface area contributed by atoms with E-state index in [2.05, 4.69) is 24.3 Å². The summed E-state index contributed by atoms with van der Waals surface area (Å²) in [6.45, 7) is 9.30. The van der Waals surface area contributed by atoms with E-state index in [-0.39, 0.29) is 0 Å². The average Bonchev–Trinajstić information content (AvgIpc) is 2.28. The first-order chi connectivity index (χ1) is 7.52. The second kappa shape index (κ2) is 5.99. The molecule has 1 rings (SSSR count). The van der Waals surface area contributed by atoms with E-state index in [1.54, 1.807) is 0 Å². The summed E-state index contributed by atoms with van der Waals surface area (Å²) in [5, 5.41) is 12.6. The molecule has 1 heterocycles. The molecule has 0 spiro atoms. The summed E-state index contributed by atoms with van der Waals surface area (Å²) in [5.41, 5.74) is 2.90. The molecule has 1 aliphatic heterocycles. The number of hydrogen-bond donors (Lipinski definition) is 2. The van der Waals surface area contributed by atoms with Crippen molar-refractivity contribution in [3.63, 3.8) is 0 Å². The molecule has 0 aromatic rings. The van der Waals surface area contributed by atoms with Crippen molar-refractivity contribution >= 4 is 0 Å². The maximum Gasteiger partial charge on any atom is 0.0780 e. The van der Waals surface area contributed by atoms with Crippen molar-refractivity contribution in [2.45, 2.75) is 77.5 Å². The number of nitrogens with zero attached hydrogens (tertiary/aromatic N) is 1. The molecule has 3 heteroatoms. The molecular formula is C13H28N2O. The quantitative estimate of drug-likeness (QED) is 0.758. The van der Waals surface area contributed by atoms with Crippen molar-refractivity contribution in [1.29, 1.82) is 0 Å². The van der Waals surface area contributed by atoms with Gasteiger partial charge in [0.15, 0.2) is 0 Å². The second-order valence-electron chi connectivity index (χ2n) is 5.30. The lowest BCUT2D eigenvalue weighted by Crippen LogP contribution is -2.56. The molecule has 1 saturated heterocycles. The van der Waals surface area contributed by atoms with Crippen molar-refractivity contribution in [2.75, 3.05) is 6.54 Å². The maximum absolute atomic E-state index is 10.2. The molecule has 3 nitrogen and oxygen atoms in total. The summed E-state index contributed by atoms with van der Waals surface area (Å²) in [5.74, 6) is 0. The fraction of sp³-hybridized carbons (Fsp3) is 1.00. The number of hydrazine groups is 1. The normalized spacial score (nSPS) is 28.3. The topological polar surface area (TPSA) is 35.5 Å². The first-order valence-electron chi connectivity index (χ1n) is 6.76. The van der Waals surface area contributed by atoms with Gasteiger partial charge in [0, 0.05) is 18.6 Å². The molecule has 0 amide bonds. The number of hydrogen-bond acceptors (Lipinski definition) is 3. The van der Waals surface area contributed by atoms with Crippen LogP contribution < -0.4 is 5.43 Å². The fourth-order valence-electron chi connectivity index (χ4n) is 2.47. The Labute approximate surface area is 100 Å². The molecule has 0 aliphatic carbocycles. The lowest BCUT2D eigenvalue weighted by Gasteiger charge is -2.41. The van der Waals surface area contributed by atoms with Crippen molar-refractivity contribution < 1.29 is 5.11 Å². The smallest absolute Gasteiger partial charge is 0.0780 e. The molecule has 0 bridgehead atoms. The van der Waals surface area contributed by atoms with Crippen LogP contribution in [0.2, 0.25) is 0 Å². The van der Waals surface area contributed by atoms with E-state index >= 15 is 0 Å². The molecule has 0 aromatic heterocycles. The van der Waals surface area contributed by atoms with E-state index in [1.165, 1.54) is 19.3 Å². The Kier molecular flexibility index (Phi) is 5.22. The molecule has 0 saturated carbocycles. The van der Waals surface area contributed by atoms with Crippen molar-refractivity contribution in [3.8, 4) is 0 Å². The third-order valence-corrected chi connectivity index (χ3v) is 4.10. The van der Waals surface area contributed by atoms with E-state index in [0.717, 1.165) is 12.8 Å².